The van der Waals surface area contributed by atoms with Crippen molar-refractivity contribution in [3.05, 3.63) is 88.8 Å². The van der Waals surface area contributed by atoms with Crippen LogP contribution >= 0.6 is 0 Å². The summed E-state index contributed by atoms with van der Waals surface area (Å²) in [6.07, 6.45) is 0.558. The summed E-state index contributed by atoms with van der Waals surface area (Å²) in [5.41, 5.74) is 1.10. The largest absolute Gasteiger partial charge is 0.465 e. The van der Waals surface area contributed by atoms with E-state index in [9.17, 15) is 19.1 Å². The molecule has 0 spiro atoms. The van der Waals surface area contributed by atoms with Crippen molar-refractivity contribution in [1.82, 2.24) is 15.3 Å². The lowest BCUT2D eigenvalue weighted by atomic mass is 9.82. The first-order valence-electron chi connectivity index (χ1n) is 9.76. The molecule has 0 bridgehead atoms. The van der Waals surface area contributed by atoms with Gasteiger partial charge < -0.3 is 10.4 Å². The van der Waals surface area contributed by atoms with Crippen LogP contribution in [0.1, 0.15) is 39.9 Å². The minimum Gasteiger partial charge on any atom is -0.465 e. The Morgan fingerprint density at radius 1 is 1.26 bits per heavy atom. The number of hydrogen-bond donors (Lipinski definition) is 2. The van der Waals surface area contributed by atoms with Gasteiger partial charge in [-0.3, -0.25) is 9.69 Å². The molecular formula is C23H21FN4O3. The monoisotopic (exact) mass is 420 g/mol. The number of nitrogens with one attached hydrogen (secondary N) is 1. The molecule has 1 aliphatic heterocycles. The predicted octanol–water partition coefficient (Wildman–Crippen LogP) is 3.81. The zero-order chi connectivity index (χ0) is 22.2. The number of halogens is 1. The van der Waals surface area contributed by atoms with Gasteiger partial charge in [-0.2, -0.15) is 0 Å². The average molecular weight is 420 g/mol. The van der Waals surface area contributed by atoms with E-state index in [1.165, 1.54) is 24.4 Å². The zero-order valence-electron chi connectivity index (χ0n) is 17.1. The van der Waals surface area contributed by atoms with Crippen molar-refractivity contribution in [2.24, 2.45) is 0 Å². The number of carbonyl (C=O) groups excluding carboxylic acids is 1. The second-order valence-electron chi connectivity index (χ2n) is 7.76. The number of aromatic nitrogens is 2. The molecule has 4 rings (SSSR count). The van der Waals surface area contributed by atoms with Crippen LogP contribution in [0.15, 0.2) is 54.7 Å². The van der Waals surface area contributed by atoms with Gasteiger partial charge in [0.2, 0.25) is 0 Å². The summed E-state index contributed by atoms with van der Waals surface area (Å²) < 4.78 is 14.9. The number of anilines is 1. The first-order valence-corrected chi connectivity index (χ1v) is 9.76. The van der Waals surface area contributed by atoms with Crippen molar-refractivity contribution < 1.29 is 19.1 Å². The highest BCUT2D eigenvalue weighted by Crippen LogP contribution is 2.34. The van der Waals surface area contributed by atoms with E-state index in [0.29, 0.717) is 22.8 Å². The number of aryl methyl sites for hydroxylation is 1. The van der Waals surface area contributed by atoms with Crippen LogP contribution in [0.3, 0.4) is 0 Å². The van der Waals surface area contributed by atoms with E-state index in [-0.39, 0.29) is 18.5 Å². The number of rotatable bonds is 4. The molecule has 1 aromatic heterocycles. The van der Waals surface area contributed by atoms with Crippen LogP contribution in [0.2, 0.25) is 0 Å². The fraction of sp³-hybridized carbons (Fsp3) is 0.217. The Morgan fingerprint density at radius 3 is 2.71 bits per heavy atom. The predicted molar refractivity (Wildman–Crippen MR) is 112 cm³/mol. The maximum Gasteiger partial charge on any atom is 0.412 e. The summed E-state index contributed by atoms with van der Waals surface area (Å²) in [4.78, 5) is 34.2. The molecule has 0 saturated heterocycles. The van der Waals surface area contributed by atoms with Crippen molar-refractivity contribution in [3.63, 3.8) is 0 Å². The molecule has 0 radical (unpaired) electrons. The zero-order valence-corrected chi connectivity index (χ0v) is 17.1. The summed E-state index contributed by atoms with van der Waals surface area (Å²) in [5, 5.41) is 12.6. The number of benzene rings is 2. The highest BCUT2D eigenvalue weighted by molar-refractivity contribution is 5.97. The third kappa shape index (κ3) is 3.96. The van der Waals surface area contributed by atoms with Crippen molar-refractivity contribution in [3.8, 4) is 0 Å². The van der Waals surface area contributed by atoms with Gasteiger partial charge in [-0.25, -0.2) is 19.2 Å². The molecule has 158 valence electrons. The molecule has 31 heavy (non-hydrogen) atoms. The quantitative estimate of drug-likeness (QED) is 0.669. The van der Waals surface area contributed by atoms with Gasteiger partial charge in [-0.1, -0.05) is 30.3 Å². The maximum atomic E-state index is 14.9. The highest BCUT2D eigenvalue weighted by atomic mass is 19.1. The summed E-state index contributed by atoms with van der Waals surface area (Å²) in [6, 6.07) is 13.3. The molecule has 2 aromatic carbocycles. The Balaban J connectivity index is 1.73. The lowest BCUT2D eigenvalue weighted by molar-refractivity contribution is 0.0881. The van der Waals surface area contributed by atoms with Crippen LogP contribution in [-0.2, 0) is 18.5 Å². The lowest BCUT2D eigenvalue weighted by Crippen LogP contribution is -2.50. The molecule has 1 atom stereocenters. The molecule has 1 aliphatic rings. The Hall–Kier alpha value is -3.81. The van der Waals surface area contributed by atoms with Crippen molar-refractivity contribution in [2.45, 2.75) is 32.4 Å². The Morgan fingerprint density at radius 2 is 2.00 bits per heavy atom. The van der Waals surface area contributed by atoms with Crippen LogP contribution in [0.25, 0.3) is 0 Å². The molecular weight excluding hydrogens is 399 g/mol. The van der Waals surface area contributed by atoms with Gasteiger partial charge in [0.1, 0.15) is 11.6 Å². The van der Waals surface area contributed by atoms with Gasteiger partial charge in [0.25, 0.3) is 5.91 Å². The van der Waals surface area contributed by atoms with E-state index in [1.54, 1.807) is 13.8 Å². The van der Waals surface area contributed by atoms with E-state index in [2.05, 4.69) is 15.3 Å². The molecule has 2 amide bonds. The normalized spacial score (nSPS) is 17.6. The summed E-state index contributed by atoms with van der Waals surface area (Å²) in [5.74, 6) is -0.413. The second-order valence-corrected chi connectivity index (χ2v) is 7.76. The standard InChI is InChI=1S/C23H21FN4O3/c1-14-25-12-17-20(26-14)11-23(2,27-21(17)29)18-10-16(8-9-19(18)24)28(22(30)31)13-15-6-4-3-5-7-15/h3-10,12H,11,13H2,1-2H3,(H,27,29)(H,30,31). The van der Waals surface area contributed by atoms with Crippen LogP contribution in [0.5, 0.6) is 0 Å². The molecule has 7 nitrogen and oxygen atoms in total. The molecule has 3 aromatic rings. The lowest BCUT2D eigenvalue weighted by Gasteiger charge is -2.36. The number of amides is 2. The number of carboxylic acid groups (broad SMARTS) is 1. The van der Waals surface area contributed by atoms with E-state index >= 15 is 0 Å². The Bertz CT molecular complexity index is 1170. The number of hydrogen-bond acceptors (Lipinski definition) is 4. The van der Waals surface area contributed by atoms with Crippen molar-refractivity contribution >= 4 is 17.7 Å². The molecule has 0 fully saturated rings. The maximum absolute atomic E-state index is 14.9. The SMILES string of the molecule is Cc1ncc2c(n1)CC(C)(c1cc(N(Cc3ccccc3)C(=O)O)ccc1F)NC2=O. The summed E-state index contributed by atoms with van der Waals surface area (Å²) in [6.45, 7) is 3.54. The van der Waals surface area contributed by atoms with E-state index in [4.69, 9.17) is 0 Å². The van der Waals surface area contributed by atoms with E-state index in [1.807, 2.05) is 30.3 Å². The van der Waals surface area contributed by atoms with E-state index < -0.39 is 23.4 Å². The first-order chi connectivity index (χ1) is 14.8. The smallest absolute Gasteiger partial charge is 0.412 e. The topological polar surface area (TPSA) is 95.4 Å². The van der Waals surface area contributed by atoms with Gasteiger partial charge in [-0.15, -0.1) is 0 Å². The Kier molecular flexibility index (Phi) is 5.14. The number of nitrogens with zero attached hydrogens (tertiary/aromatic N) is 3. The molecule has 1 unspecified atom stereocenters. The molecule has 0 saturated carbocycles. The highest BCUT2D eigenvalue weighted by Gasteiger charge is 2.39. The van der Waals surface area contributed by atoms with Gasteiger partial charge in [0.15, 0.2) is 0 Å². The first kappa shape index (κ1) is 20.5. The summed E-state index contributed by atoms with van der Waals surface area (Å²) in [7, 11) is 0. The minimum atomic E-state index is -1.16. The van der Waals surface area contributed by atoms with Crippen LogP contribution in [-0.4, -0.2) is 27.1 Å². The third-order valence-corrected chi connectivity index (χ3v) is 5.41. The number of fused-ring (bicyclic) bond motifs is 1. The number of carbonyl (C=O) groups is 2. The van der Waals surface area contributed by atoms with Gasteiger partial charge in [0, 0.05) is 23.9 Å². The van der Waals surface area contributed by atoms with Gasteiger partial charge >= 0.3 is 6.09 Å². The van der Waals surface area contributed by atoms with Gasteiger partial charge in [0.05, 0.1) is 23.3 Å². The third-order valence-electron chi connectivity index (χ3n) is 5.41. The van der Waals surface area contributed by atoms with Gasteiger partial charge in [-0.05, 0) is 37.6 Å². The summed E-state index contributed by atoms with van der Waals surface area (Å²) >= 11 is 0. The average Bonchev–Trinajstić information content (AvgIpc) is 2.72. The molecule has 2 N–H and O–H groups in total. The fourth-order valence-electron chi connectivity index (χ4n) is 3.84. The van der Waals surface area contributed by atoms with E-state index in [0.717, 1.165) is 10.5 Å². The van der Waals surface area contributed by atoms with Crippen LogP contribution in [0.4, 0.5) is 14.9 Å². The Labute approximate surface area is 178 Å². The molecule has 8 heteroatoms. The van der Waals surface area contributed by atoms with Crippen LogP contribution in [0, 0.1) is 12.7 Å². The van der Waals surface area contributed by atoms with Crippen LogP contribution < -0.4 is 10.2 Å². The molecule has 0 aliphatic carbocycles. The van der Waals surface area contributed by atoms with Crippen molar-refractivity contribution in [1.29, 1.82) is 0 Å². The molecule has 2 heterocycles. The second kappa shape index (κ2) is 7.79. The van der Waals surface area contributed by atoms with Crippen molar-refractivity contribution in [2.75, 3.05) is 4.90 Å². The fourth-order valence-corrected chi connectivity index (χ4v) is 3.84. The minimum absolute atomic E-state index is 0.111.